The number of hydrogen-bond donors (Lipinski definition) is 1. The van der Waals surface area contributed by atoms with Crippen molar-refractivity contribution in [1.82, 2.24) is 9.21 Å². The number of imide groups is 1. The summed E-state index contributed by atoms with van der Waals surface area (Å²) < 4.78 is 27.3. The van der Waals surface area contributed by atoms with Crippen molar-refractivity contribution in [2.24, 2.45) is 0 Å². The van der Waals surface area contributed by atoms with Crippen molar-refractivity contribution in [3.8, 4) is 0 Å². The summed E-state index contributed by atoms with van der Waals surface area (Å²) in [6.45, 7) is 4.04. The highest BCUT2D eigenvalue weighted by molar-refractivity contribution is 7.89. The first-order chi connectivity index (χ1) is 16.2. The van der Waals surface area contributed by atoms with E-state index in [0.29, 0.717) is 18.8 Å². The molecule has 9 nitrogen and oxygen atoms in total. The largest absolute Gasteiger partial charge is 0.332 e. The molecule has 0 bridgehead atoms. The average Bonchev–Trinajstić information content (AvgIpc) is 3.03. The van der Waals surface area contributed by atoms with Crippen LogP contribution in [0, 0.1) is 6.92 Å². The smallest absolute Gasteiger partial charge is 0.324 e. The molecule has 0 radical (unpaired) electrons. The van der Waals surface area contributed by atoms with Crippen molar-refractivity contribution in [3.63, 3.8) is 0 Å². The second-order valence-corrected chi connectivity index (χ2v) is 10.6. The summed E-state index contributed by atoms with van der Waals surface area (Å²) in [6, 6.07) is 11.9. The molecule has 10 heteroatoms. The van der Waals surface area contributed by atoms with Crippen molar-refractivity contribution in [2.45, 2.75) is 44.0 Å². The summed E-state index contributed by atoms with van der Waals surface area (Å²) in [6.07, 6.45) is 2.66. The van der Waals surface area contributed by atoms with Crippen LogP contribution < -0.4 is 10.2 Å². The Balaban J connectivity index is 1.45. The number of nitrogens with one attached hydrogen (secondary N) is 1. The molecule has 0 saturated carbocycles. The molecular weight excluding hydrogens is 456 g/mol. The molecule has 2 aliphatic heterocycles. The highest BCUT2D eigenvalue weighted by Gasteiger charge is 2.44. The first-order valence-corrected chi connectivity index (χ1v) is 12.7. The van der Waals surface area contributed by atoms with Gasteiger partial charge in [0.15, 0.2) is 0 Å². The van der Waals surface area contributed by atoms with E-state index in [1.807, 2.05) is 19.1 Å². The lowest BCUT2D eigenvalue weighted by atomic mass is 10.2. The van der Waals surface area contributed by atoms with E-state index in [1.165, 1.54) is 21.3 Å². The zero-order chi connectivity index (χ0) is 24.5. The first kappa shape index (κ1) is 23.9. The highest BCUT2D eigenvalue weighted by atomic mass is 32.2. The number of benzene rings is 2. The van der Waals surface area contributed by atoms with E-state index in [0.717, 1.165) is 29.7 Å². The molecule has 1 atom stereocenters. The van der Waals surface area contributed by atoms with Crippen molar-refractivity contribution in [1.29, 1.82) is 0 Å². The summed E-state index contributed by atoms with van der Waals surface area (Å²) >= 11 is 0. The third kappa shape index (κ3) is 4.69. The number of carbonyl (C=O) groups excluding carboxylic acids is 3. The third-order valence-electron chi connectivity index (χ3n) is 6.13. The molecule has 0 aromatic heterocycles. The predicted octanol–water partition coefficient (Wildman–Crippen LogP) is 2.97. The van der Waals surface area contributed by atoms with E-state index in [-0.39, 0.29) is 10.6 Å². The van der Waals surface area contributed by atoms with E-state index < -0.39 is 40.5 Å². The molecule has 0 spiro atoms. The normalized spacial score (nSPS) is 19.5. The number of hydrogen-bond acceptors (Lipinski definition) is 5. The van der Waals surface area contributed by atoms with Crippen LogP contribution in [0.25, 0.3) is 0 Å². The maximum Gasteiger partial charge on any atom is 0.332 e. The van der Waals surface area contributed by atoms with Crippen LogP contribution in [0.5, 0.6) is 0 Å². The standard InChI is InChI=1S/C24H28N4O5S/c1-17-9-11-20(12-10-17)28-18(2)23(30)27(24(28)31)16-22(29)25-19-7-6-8-21(15-19)34(32,33)26-13-4-3-5-14-26/h6-12,15,18H,3-5,13-14,16H2,1-2H3,(H,25,29). The van der Waals surface area contributed by atoms with Crippen molar-refractivity contribution >= 4 is 39.2 Å². The number of sulfonamides is 1. The Morgan fingerprint density at radius 2 is 1.71 bits per heavy atom. The number of rotatable bonds is 6. The van der Waals surface area contributed by atoms with E-state index in [4.69, 9.17) is 0 Å². The van der Waals surface area contributed by atoms with Crippen molar-refractivity contribution < 1.29 is 22.8 Å². The van der Waals surface area contributed by atoms with E-state index in [1.54, 1.807) is 31.2 Å². The SMILES string of the molecule is Cc1ccc(N2C(=O)N(CC(=O)Nc3cccc(S(=O)(=O)N4CCCCC4)c3)C(=O)C2C)cc1. The van der Waals surface area contributed by atoms with Gasteiger partial charge < -0.3 is 5.32 Å². The molecular formula is C24H28N4O5S. The van der Waals surface area contributed by atoms with Gasteiger partial charge >= 0.3 is 6.03 Å². The quantitative estimate of drug-likeness (QED) is 0.635. The minimum absolute atomic E-state index is 0.0969. The van der Waals surface area contributed by atoms with Crippen LogP contribution in [-0.4, -0.2) is 61.1 Å². The topological polar surface area (TPSA) is 107 Å². The van der Waals surface area contributed by atoms with E-state index in [2.05, 4.69) is 5.32 Å². The second-order valence-electron chi connectivity index (χ2n) is 8.63. The van der Waals surface area contributed by atoms with Crippen LogP contribution in [0.1, 0.15) is 31.7 Å². The fourth-order valence-corrected chi connectivity index (χ4v) is 5.81. The Kier molecular flexibility index (Phi) is 6.72. The minimum Gasteiger partial charge on any atom is -0.324 e. The van der Waals surface area contributed by atoms with Gasteiger partial charge in [-0.2, -0.15) is 4.31 Å². The lowest BCUT2D eigenvalue weighted by Crippen LogP contribution is -2.39. The zero-order valence-corrected chi connectivity index (χ0v) is 20.0. The summed E-state index contributed by atoms with van der Waals surface area (Å²) in [5.41, 5.74) is 1.88. The molecule has 2 aromatic carbocycles. The Morgan fingerprint density at radius 1 is 1.03 bits per heavy atom. The van der Waals surface area contributed by atoms with Gasteiger partial charge in [0.25, 0.3) is 5.91 Å². The van der Waals surface area contributed by atoms with Crippen LogP contribution in [-0.2, 0) is 19.6 Å². The molecule has 2 fully saturated rings. The first-order valence-electron chi connectivity index (χ1n) is 11.3. The van der Waals surface area contributed by atoms with Crippen LogP contribution in [0.2, 0.25) is 0 Å². The molecule has 1 N–H and O–H groups in total. The maximum atomic E-state index is 12.9. The Bertz CT molecular complexity index is 1210. The number of piperidine rings is 1. The third-order valence-corrected chi connectivity index (χ3v) is 8.03. The van der Waals surface area contributed by atoms with E-state index >= 15 is 0 Å². The number of aryl methyl sites for hydroxylation is 1. The lowest BCUT2D eigenvalue weighted by molar-refractivity contribution is -0.130. The number of nitrogens with zero attached hydrogens (tertiary/aromatic N) is 3. The van der Waals surface area contributed by atoms with Gasteiger partial charge in [-0.05, 0) is 57.0 Å². The molecule has 2 heterocycles. The molecule has 1 unspecified atom stereocenters. The molecule has 2 aliphatic rings. The van der Waals surface area contributed by atoms with Gasteiger partial charge in [-0.1, -0.05) is 30.2 Å². The fourth-order valence-electron chi connectivity index (χ4n) is 4.24. The second kappa shape index (κ2) is 9.55. The molecule has 180 valence electrons. The molecule has 4 rings (SSSR count). The Labute approximate surface area is 199 Å². The number of amides is 4. The van der Waals surface area contributed by atoms with Gasteiger partial charge in [-0.3, -0.25) is 19.4 Å². The number of anilines is 2. The Hall–Kier alpha value is -3.24. The molecule has 2 saturated heterocycles. The molecule has 2 aromatic rings. The van der Waals surface area contributed by atoms with Gasteiger partial charge in [0.2, 0.25) is 15.9 Å². The summed E-state index contributed by atoms with van der Waals surface area (Å²) in [7, 11) is -3.65. The van der Waals surface area contributed by atoms with E-state index in [9.17, 15) is 22.8 Å². The van der Waals surface area contributed by atoms with Gasteiger partial charge in [0.05, 0.1) is 4.90 Å². The average molecular weight is 485 g/mol. The van der Waals surface area contributed by atoms with Gasteiger partial charge in [0.1, 0.15) is 12.6 Å². The molecule has 0 aliphatic carbocycles. The summed E-state index contributed by atoms with van der Waals surface area (Å²) in [5.74, 6) is -1.06. The number of urea groups is 1. The molecule has 4 amide bonds. The summed E-state index contributed by atoms with van der Waals surface area (Å²) in [4.78, 5) is 40.7. The van der Waals surface area contributed by atoms with Crippen LogP contribution in [0.4, 0.5) is 16.2 Å². The van der Waals surface area contributed by atoms with Crippen molar-refractivity contribution in [3.05, 3.63) is 54.1 Å². The van der Waals surface area contributed by atoms with Gasteiger partial charge in [0, 0.05) is 24.5 Å². The van der Waals surface area contributed by atoms with Gasteiger partial charge in [-0.25, -0.2) is 13.2 Å². The monoisotopic (exact) mass is 484 g/mol. The predicted molar refractivity (Wildman–Crippen MR) is 128 cm³/mol. The molecule has 34 heavy (non-hydrogen) atoms. The van der Waals surface area contributed by atoms with Gasteiger partial charge in [-0.15, -0.1) is 0 Å². The summed E-state index contributed by atoms with van der Waals surface area (Å²) in [5, 5.41) is 2.62. The van der Waals surface area contributed by atoms with Crippen LogP contribution in [0.15, 0.2) is 53.4 Å². The Morgan fingerprint density at radius 3 is 2.38 bits per heavy atom. The highest BCUT2D eigenvalue weighted by Crippen LogP contribution is 2.26. The lowest BCUT2D eigenvalue weighted by Gasteiger charge is -2.26. The van der Waals surface area contributed by atoms with Crippen LogP contribution in [0.3, 0.4) is 0 Å². The van der Waals surface area contributed by atoms with Crippen molar-refractivity contribution in [2.75, 3.05) is 29.9 Å². The fraction of sp³-hybridized carbons (Fsp3) is 0.375. The maximum absolute atomic E-state index is 12.9. The number of carbonyl (C=O) groups is 3. The minimum atomic E-state index is -3.65. The zero-order valence-electron chi connectivity index (χ0n) is 19.2. The van der Waals surface area contributed by atoms with Crippen LogP contribution >= 0.6 is 0 Å².